The number of aliphatic imine (C=N–C) groups is 1. The molecule has 0 atom stereocenters. The van der Waals surface area contributed by atoms with Crippen LogP contribution in [0, 0.1) is 5.92 Å². The lowest BCUT2D eigenvalue weighted by molar-refractivity contribution is -0.146. The molecule has 1 fully saturated rings. The number of piperidine rings is 1. The molecule has 1 aliphatic heterocycles. The molecule has 0 aromatic heterocycles. The van der Waals surface area contributed by atoms with Crippen LogP contribution in [0.5, 0.6) is 0 Å². The molecule has 1 saturated heterocycles. The Morgan fingerprint density at radius 2 is 2.04 bits per heavy atom. The van der Waals surface area contributed by atoms with E-state index in [-0.39, 0.29) is 41.3 Å². The zero-order valence-electron chi connectivity index (χ0n) is 16.6. The number of halogens is 2. The fourth-order valence-corrected chi connectivity index (χ4v) is 3.38. The number of rotatable bonds is 5. The third-order valence-electron chi connectivity index (χ3n) is 4.89. The second-order valence-electron chi connectivity index (χ2n) is 7.35. The minimum Gasteiger partial charge on any atom is -0.469 e. The summed E-state index contributed by atoms with van der Waals surface area (Å²) in [4.78, 5) is 18.8. The second kappa shape index (κ2) is 11.1. The van der Waals surface area contributed by atoms with Gasteiger partial charge >= 0.3 is 5.97 Å². The zero-order chi connectivity index (χ0) is 19.2. The Kier molecular flexibility index (Phi) is 9.87. The minimum atomic E-state index is -0.115. The van der Waals surface area contributed by atoms with E-state index in [1.54, 1.807) is 0 Å². The highest BCUT2D eigenvalue weighted by Crippen LogP contribution is 2.26. The number of benzene rings is 1. The van der Waals surface area contributed by atoms with E-state index < -0.39 is 0 Å². The van der Waals surface area contributed by atoms with Gasteiger partial charge in [-0.05, 0) is 37.5 Å². The molecule has 1 heterocycles. The number of carbonyl (C=O) groups excluding carboxylic acids is 1. The van der Waals surface area contributed by atoms with Crippen molar-refractivity contribution in [2.75, 3.05) is 33.3 Å². The normalized spacial score (nSPS) is 15.9. The molecule has 152 valence electrons. The van der Waals surface area contributed by atoms with Crippen LogP contribution in [0.25, 0.3) is 0 Å². The standard InChI is InChI=1S/C20H30ClN3O2.HI/c1-5-22-19(24-11-9-15(10-12-24)18(25)26-4)23-14-20(2,3)16-7-6-8-17(21)13-16;/h6-8,13,15H,5,9-12,14H2,1-4H3,(H,22,23);1H. The molecule has 7 heteroatoms. The van der Waals surface area contributed by atoms with Gasteiger partial charge in [-0.2, -0.15) is 0 Å². The van der Waals surface area contributed by atoms with Gasteiger partial charge in [0.05, 0.1) is 19.6 Å². The Bertz CT molecular complexity index is 644. The predicted octanol–water partition coefficient (Wildman–Crippen LogP) is 4.09. The molecule has 0 aliphatic carbocycles. The van der Waals surface area contributed by atoms with Crippen molar-refractivity contribution in [2.24, 2.45) is 10.9 Å². The van der Waals surface area contributed by atoms with Crippen molar-refractivity contribution in [2.45, 2.75) is 39.0 Å². The van der Waals surface area contributed by atoms with E-state index in [0.29, 0.717) is 6.54 Å². The second-order valence-corrected chi connectivity index (χ2v) is 7.79. The lowest BCUT2D eigenvalue weighted by atomic mass is 9.85. The monoisotopic (exact) mass is 507 g/mol. The summed E-state index contributed by atoms with van der Waals surface area (Å²) in [5, 5.41) is 4.13. The van der Waals surface area contributed by atoms with Crippen LogP contribution in [0.1, 0.15) is 39.2 Å². The maximum atomic E-state index is 11.7. The van der Waals surface area contributed by atoms with Gasteiger partial charge in [0.1, 0.15) is 0 Å². The Labute approximate surface area is 184 Å². The molecule has 27 heavy (non-hydrogen) atoms. The third kappa shape index (κ3) is 6.82. The first-order valence-electron chi connectivity index (χ1n) is 9.24. The first kappa shape index (κ1) is 24.0. The molecule has 2 rings (SSSR count). The molecule has 0 saturated carbocycles. The van der Waals surface area contributed by atoms with Gasteiger partial charge in [-0.1, -0.05) is 37.6 Å². The lowest BCUT2D eigenvalue weighted by Crippen LogP contribution is -2.47. The molecule has 1 N–H and O–H groups in total. The van der Waals surface area contributed by atoms with E-state index in [4.69, 9.17) is 21.3 Å². The number of methoxy groups -OCH3 is 1. The van der Waals surface area contributed by atoms with Crippen molar-refractivity contribution in [3.63, 3.8) is 0 Å². The maximum Gasteiger partial charge on any atom is 0.308 e. The molecular weight excluding hydrogens is 477 g/mol. The largest absolute Gasteiger partial charge is 0.469 e. The van der Waals surface area contributed by atoms with Gasteiger partial charge in [0.2, 0.25) is 0 Å². The number of ether oxygens (including phenoxy) is 1. The molecule has 5 nitrogen and oxygen atoms in total. The maximum absolute atomic E-state index is 11.7. The molecule has 0 bridgehead atoms. The molecule has 0 radical (unpaired) electrons. The number of carbonyl (C=O) groups is 1. The summed E-state index contributed by atoms with van der Waals surface area (Å²) < 4.78 is 4.87. The van der Waals surface area contributed by atoms with Gasteiger partial charge in [0, 0.05) is 30.1 Å². The number of nitrogens with one attached hydrogen (secondary N) is 1. The Morgan fingerprint density at radius 3 is 2.59 bits per heavy atom. The predicted molar refractivity (Wildman–Crippen MR) is 122 cm³/mol. The molecular formula is C20H31ClIN3O2. The Morgan fingerprint density at radius 1 is 1.37 bits per heavy atom. The highest BCUT2D eigenvalue weighted by Gasteiger charge is 2.27. The summed E-state index contributed by atoms with van der Waals surface area (Å²) >= 11 is 6.14. The third-order valence-corrected chi connectivity index (χ3v) is 5.13. The van der Waals surface area contributed by atoms with E-state index in [9.17, 15) is 4.79 Å². The van der Waals surface area contributed by atoms with E-state index in [1.807, 2.05) is 18.2 Å². The van der Waals surface area contributed by atoms with Gasteiger partial charge in [-0.15, -0.1) is 24.0 Å². The first-order chi connectivity index (χ1) is 12.4. The summed E-state index contributed by atoms with van der Waals surface area (Å²) in [6.45, 7) is 9.51. The lowest BCUT2D eigenvalue weighted by Gasteiger charge is -2.34. The quantitative estimate of drug-likeness (QED) is 0.282. The fraction of sp³-hybridized carbons (Fsp3) is 0.600. The highest BCUT2D eigenvalue weighted by atomic mass is 127. The SMILES string of the molecule is CCNC(=NCC(C)(C)c1cccc(Cl)c1)N1CCC(C(=O)OC)CC1.I. The van der Waals surface area contributed by atoms with Gasteiger partial charge in [0.25, 0.3) is 0 Å². The molecule has 1 aromatic rings. The van der Waals surface area contributed by atoms with Crippen molar-refractivity contribution in [1.29, 1.82) is 0 Å². The number of hydrogen-bond donors (Lipinski definition) is 1. The van der Waals surface area contributed by atoms with Gasteiger partial charge in [0.15, 0.2) is 5.96 Å². The summed E-state index contributed by atoms with van der Waals surface area (Å²) in [5.41, 5.74) is 1.06. The summed E-state index contributed by atoms with van der Waals surface area (Å²) in [6, 6.07) is 7.97. The van der Waals surface area contributed by atoms with E-state index in [2.05, 4.69) is 37.1 Å². The van der Waals surface area contributed by atoms with E-state index >= 15 is 0 Å². The van der Waals surface area contributed by atoms with Crippen LogP contribution in [-0.2, 0) is 14.9 Å². The van der Waals surface area contributed by atoms with Gasteiger partial charge in [-0.25, -0.2) is 0 Å². The molecule has 1 aliphatic rings. The highest BCUT2D eigenvalue weighted by molar-refractivity contribution is 14.0. The van der Waals surface area contributed by atoms with Crippen molar-refractivity contribution in [3.8, 4) is 0 Å². The topological polar surface area (TPSA) is 53.9 Å². The molecule has 0 amide bonds. The van der Waals surface area contributed by atoms with Gasteiger partial charge in [-0.3, -0.25) is 9.79 Å². The number of nitrogens with zero attached hydrogens (tertiary/aromatic N) is 2. The summed E-state index contributed by atoms with van der Waals surface area (Å²) in [6.07, 6.45) is 1.60. The average Bonchev–Trinajstić information content (AvgIpc) is 2.64. The Balaban J connectivity index is 0.00000364. The number of hydrogen-bond acceptors (Lipinski definition) is 3. The zero-order valence-corrected chi connectivity index (χ0v) is 19.7. The molecule has 0 unspecified atom stereocenters. The minimum absolute atomic E-state index is 0. The molecule has 0 spiro atoms. The molecule has 1 aromatic carbocycles. The van der Waals surface area contributed by atoms with Crippen LogP contribution >= 0.6 is 35.6 Å². The van der Waals surface area contributed by atoms with Crippen LogP contribution < -0.4 is 5.32 Å². The van der Waals surface area contributed by atoms with Gasteiger partial charge < -0.3 is 15.0 Å². The summed E-state index contributed by atoms with van der Waals surface area (Å²) in [7, 11) is 1.46. The summed E-state index contributed by atoms with van der Waals surface area (Å²) in [5.74, 6) is 0.807. The number of esters is 1. The average molecular weight is 508 g/mol. The van der Waals surface area contributed by atoms with E-state index in [0.717, 1.165) is 43.5 Å². The fourth-order valence-electron chi connectivity index (χ4n) is 3.19. The number of guanidine groups is 1. The van der Waals surface area contributed by atoms with Crippen LogP contribution in [0.2, 0.25) is 5.02 Å². The van der Waals surface area contributed by atoms with Crippen molar-refractivity contribution in [3.05, 3.63) is 34.9 Å². The van der Waals surface area contributed by atoms with Crippen LogP contribution in [0.4, 0.5) is 0 Å². The van der Waals surface area contributed by atoms with Crippen LogP contribution in [-0.4, -0.2) is 50.1 Å². The van der Waals surface area contributed by atoms with Crippen molar-refractivity contribution < 1.29 is 9.53 Å². The van der Waals surface area contributed by atoms with Crippen molar-refractivity contribution in [1.82, 2.24) is 10.2 Å². The Hall–Kier alpha value is -1.02. The van der Waals surface area contributed by atoms with Crippen molar-refractivity contribution >= 4 is 47.5 Å². The number of likely N-dealkylation sites (tertiary alicyclic amines) is 1. The smallest absolute Gasteiger partial charge is 0.308 e. The van der Waals surface area contributed by atoms with Crippen LogP contribution in [0.15, 0.2) is 29.3 Å². The van der Waals surface area contributed by atoms with Crippen LogP contribution in [0.3, 0.4) is 0 Å². The first-order valence-corrected chi connectivity index (χ1v) is 9.62. The van der Waals surface area contributed by atoms with E-state index in [1.165, 1.54) is 12.7 Å².